The van der Waals surface area contributed by atoms with Crippen LogP contribution in [0.15, 0.2) is 48.7 Å². The Morgan fingerprint density at radius 3 is 2.86 bits per heavy atom. The number of fused-ring (bicyclic) bond motifs is 1. The lowest BCUT2D eigenvalue weighted by atomic mass is 10.1. The van der Waals surface area contributed by atoms with E-state index < -0.39 is 0 Å². The van der Waals surface area contributed by atoms with Crippen LogP contribution in [-0.2, 0) is 0 Å². The second kappa shape index (κ2) is 5.28. The van der Waals surface area contributed by atoms with Gasteiger partial charge in [0.15, 0.2) is 0 Å². The van der Waals surface area contributed by atoms with E-state index in [4.69, 9.17) is 0 Å². The third kappa shape index (κ3) is 2.72. The number of aromatic amines is 1. The van der Waals surface area contributed by atoms with Gasteiger partial charge in [-0.1, -0.05) is 6.07 Å². The van der Waals surface area contributed by atoms with E-state index in [9.17, 15) is 4.79 Å². The molecule has 3 rings (SSSR count). The molecular formula is C16H16N4O. The molecule has 0 aliphatic rings. The molecule has 0 aliphatic carbocycles. The van der Waals surface area contributed by atoms with Crippen LogP contribution in [-0.4, -0.2) is 30.2 Å². The highest BCUT2D eigenvalue weighted by molar-refractivity contribution is 6.05. The average Bonchev–Trinajstić information content (AvgIpc) is 2.95. The number of hydrogen-bond donors (Lipinski definition) is 2. The number of aromatic nitrogens is 2. The molecule has 2 N–H and O–H groups in total. The van der Waals surface area contributed by atoms with Gasteiger partial charge in [-0.15, -0.1) is 0 Å². The van der Waals surface area contributed by atoms with Crippen molar-refractivity contribution in [1.82, 2.24) is 10.2 Å². The second-order valence-corrected chi connectivity index (χ2v) is 5.07. The van der Waals surface area contributed by atoms with E-state index in [0.29, 0.717) is 5.56 Å². The average molecular weight is 280 g/mol. The van der Waals surface area contributed by atoms with Crippen molar-refractivity contribution in [2.75, 3.05) is 24.3 Å². The van der Waals surface area contributed by atoms with Crippen molar-refractivity contribution < 1.29 is 4.79 Å². The molecule has 0 saturated heterocycles. The van der Waals surface area contributed by atoms with Gasteiger partial charge in [0.2, 0.25) is 0 Å². The second-order valence-electron chi connectivity index (χ2n) is 5.07. The lowest BCUT2D eigenvalue weighted by Gasteiger charge is -2.13. The Bertz CT molecular complexity index is 792. The first-order valence-electron chi connectivity index (χ1n) is 6.65. The van der Waals surface area contributed by atoms with E-state index in [0.717, 1.165) is 22.3 Å². The van der Waals surface area contributed by atoms with Gasteiger partial charge in [-0.25, -0.2) is 0 Å². The molecule has 3 aromatic rings. The number of benzene rings is 2. The van der Waals surface area contributed by atoms with Crippen molar-refractivity contribution in [1.29, 1.82) is 0 Å². The molecule has 0 bridgehead atoms. The van der Waals surface area contributed by atoms with Gasteiger partial charge in [0, 0.05) is 36.4 Å². The number of amides is 1. The van der Waals surface area contributed by atoms with Crippen LogP contribution >= 0.6 is 0 Å². The zero-order valence-corrected chi connectivity index (χ0v) is 11.9. The zero-order chi connectivity index (χ0) is 14.8. The van der Waals surface area contributed by atoms with E-state index in [1.165, 1.54) is 0 Å². The molecule has 1 heterocycles. The fraction of sp³-hybridized carbons (Fsp3) is 0.125. The van der Waals surface area contributed by atoms with Gasteiger partial charge in [0.25, 0.3) is 5.91 Å². The van der Waals surface area contributed by atoms with Crippen molar-refractivity contribution in [3.05, 3.63) is 54.2 Å². The van der Waals surface area contributed by atoms with Crippen LogP contribution in [0.25, 0.3) is 10.9 Å². The fourth-order valence-corrected chi connectivity index (χ4v) is 2.14. The lowest BCUT2D eigenvalue weighted by molar-refractivity contribution is 0.102. The minimum absolute atomic E-state index is 0.127. The fourth-order valence-electron chi connectivity index (χ4n) is 2.14. The Morgan fingerprint density at radius 2 is 2.05 bits per heavy atom. The lowest BCUT2D eigenvalue weighted by Crippen LogP contribution is -2.14. The summed E-state index contributed by atoms with van der Waals surface area (Å²) in [5.74, 6) is -0.127. The number of H-pyrrole nitrogens is 1. The molecular weight excluding hydrogens is 264 g/mol. The summed E-state index contributed by atoms with van der Waals surface area (Å²) in [4.78, 5) is 14.3. The molecule has 0 radical (unpaired) electrons. The third-order valence-electron chi connectivity index (χ3n) is 3.32. The summed E-state index contributed by atoms with van der Waals surface area (Å²) in [5, 5.41) is 10.8. The van der Waals surface area contributed by atoms with Gasteiger partial charge in [0.05, 0.1) is 11.7 Å². The Hall–Kier alpha value is -2.82. The van der Waals surface area contributed by atoms with E-state index in [2.05, 4.69) is 15.5 Å². The van der Waals surface area contributed by atoms with Crippen LogP contribution in [0.2, 0.25) is 0 Å². The van der Waals surface area contributed by atoms with Crippen LogP contribution in [0.3, 0.4) is 0 Å². The Labute approximate surface area is 122 Å². The van der Waals surface area contributed by atoms with E-state index >= 15 is 0 Å². The summed E-state index contributed by atoms with van der Waals surface area (Å²) < 4.78 is 0. The van der Waals surface area contributed by atoms with Crippen molar-refractivity contribution in [3.8, 4) is 0 Å². The maximum absolute atomic E-state index is 12.3. The predicted octanol–water partition coefficient (Wildman–Crippen LogP) is 2.88. The summed E-state index contributed by atoms with van der Waals surface area (Å²) in [6.07, 6.45) is 1.75. The summed E-state index contributed by atoms with van der Waals surface area (Å²) >= 11 is 0. The number of hydrogen-bond acceptors (Lipinski definition) is 3. The standard InChI is InChI=1S/C16H16N4O/c1-20(2)14-5-3-4-11(8-14)16(21)18-13-7-6-12-10-17-19-15(12)9-13/h3-10H,1-2H3,(H,17,19)(H,18,21). The minimum atomic E-state index is -0.127. The number of nitrogens with one attached hydrogen (secondary N) is 2. The smallest absolute Gasteiger partial charge is 0.255 e. The molecule has 21 heavy (non-hydrogen) atoms. The molecule has 106 valence electrons. The van der Waals surface area contributed by atoms with Crippen LogP contribution < -0.4 is 10.2 Å². The van der Waals surface area contributed by atoms with Gasteiger partial charge in [-0.3, -0.25) is 9.89 Å². The molecule has 2 aromatic carbocycles. The molecule has 0 aliphatic heterocycles. The largest absolute Gasteiger partial charge is 0.378 e. The molecule has 0 atom stereocenters. The highest BCUT2D eigenvalue weighted by Crippen LogP contribution is 2.18. The third-order valence-corrected chi connectivity index (χ3v) is 3.32. The van der Waals surface area contributed by atoms with Gasteiger partial charge in [0.1, 0.15) is 0 Å². The molecule has 5 heteroatoms. The number of carbonyl (C=O) groups is 1. The first kappa shape index (κ1) is 13.2. The number of anilines is 2. The van der Waals surface area contributed by atoms with Crippen LogP contribution in [0.1, 0.15) is 10.4 Å². The van der Waals surface area contributed by atoms with Crippen molar-refractivity contribution >= 4 is 28.2 Å². The molecule has 1 aromatic heterocycles. The number of nitrogens with zero attached hydrogens (tertiary/aromatic N) is 2. The Morgan fingerprint density at radius 1 is 1.19 bits per heavy atom. The van der Waals surface area contributed by atoms with Crippen LogP contribution in [0.4, 0.5) is 11.4 Å². The van der Waals surface area contributed by atoms with E-state index in [-0.39, 0.29) is 5.91 Å². The summed E-state index contributed by atoms with van der Waals surface area (Å²) in [5.41, 5.74) is 3.26. The topological polar surface area (TPSA) is 61.0 Å². The van der Waals surface area contributed by atoms with Crippen molar-refractivity contribution in [2.45, 2.75) is 0 Å². The molecule has 1 amide bonds. The van der Waals surface area contributed by atoms with Gasteiger partial charge < -0.3 is 10.2 Å². The van der Waals surface area contributed by atoms with Gasteiger partial charge >= 0.3 is 0 Å². The van der Waals surface area contributed by atoms with Gasteiger partial charge in [-0.2, -0.15) is 5.10 Å². The zero-order valence-electron chi connectivity index (χ0n) is 11.9. The van der Waals surface area contributed by atoms with Crippen molar-refractivity contribution in [3.63, 3.8) is 0 Å². The molecule has 0 spiro atoms. The highest BCUT2D eigenvalue weighted by atomic mass is 16.1. The SMILES string of the molecule is CN(C)c1cccc(C(=O)Nc2ccc3cn[nH]c3c2)c1. The maximum atomic E-state index is 12.3. The minimum Gasteiger partial charge on any atom is -0.378 e. The summed E-state index contributed by atoms with van der Waals surface area (Å²) in [6.45, 7) is 0. The molecule has 0 fully saturated rings. The number of carbonyl (C=O) groups excluding carboxylic acids is 1. The summed E-state index contributed by atoms with van der Waals surface area (Å²) in [6, 6.07) is 13.2. The van der Waals surface area contributed by atoms with E-state index in [1.54, 1.807) is 12.3 Å². The Balaban J connectivity index is 1.83. The highest BCUT2D eigenvalue weighted by Gasteiger charge is 2.08. The van der Waals surface area contributed by atoms with Crippen molar-refractivity contribution in [2.24, 2.45) is 0 Å². The first-order valence-corrected chi connectivity index (χ1v) is 6.65. The van der Waals surface area contributed by atoms with Crippen LogP contribution in [0.5, 0.6) is 0 Å². The molecule has 5 nitrogen and oxygen atoms in total. The Kier molecular flexibility index (Phi) is 3.31. The summed E-state index contributed by atoms with van der Waals surface area (Å²) in [7, 11) is 3.90. The number of rotatable bonds is 3. The van der Waals surface area contributed by atoms with Crippen LogP contribution in [0, 0.1) is 0 Å². The normalized spacial score (nSPS) is 10.6. The maximum Gasteiger partial charge on any atom is 0.255 e. The first-order chi connectivity index (χ1) is 10.1. The molecule has 0 unspecified atom stereocenters. The monoisotopic (exact) mass is 280 g/mol. The predicted molar refractivity (Wildman–Crippen MR) is 84.8 cm³/mol. The van der Waals surface area contributed by atoms with E-state index in [1.807, 2.05) is 55.4 Å². The molecule has 0 saturated carbocycles. The quantitative estimate of drug-likeness (QED) is 0.775. The van der Waals surface area contributed by atoms with Gasteiger partial charge in [-0.05, 0) is 36.4 Å².